The normalized spacial score (nSPS) is 21.7. The van der Waals surface area contributed by atoms with Gasteiger partial charge >= 0.3 is 0 Å². The van der Waals surface area contributed by atoms with Gasteiger partial charge in [-0.15, -0.1) is 11.3 Å². The SMILES string of the molecule is CC(=O)Nc1ncc(CN2C[C@@H](Cc3ccc(C)nc3)N(C)C[C@@H]2C)s1. The fraction of sp³-hybridized carbons (Fsp3) is 0.526. The number of aryl methyl sites for hydroxylation is 1. The summed E-state index contributed by atoms with van der Waals surface area (Å²) in [5, 5.41) is 3.44. The van der Waals surface area contributed by atoms with Gasteiger partial charge in [-0.25, -0.2) is 4.98 Å². The molecule has 0 aliphatic carbocycles. The molecule has 26 heavy (non-hydrogen) atoms. The van der Waals surface area contributed by atoms with Crippen LogP contribution in [0.4, 0.5) is 5.13 Å². The highest BCUT2D eigenvalue weighted by molar-refractivity contribution is 7.15. The second-order valence-electron chi connectivity index (χ2n) is 7.20. The maximum atomic E-state index is 11.2. The first-order valence-corrected chi connectivity index (χ1v) is 9.80. The first kappa shape index (κ1) is 18.9. The number of amides is 1. The topological polar surface area (TPSA) is 61.4 Å². The molecule has 0 radical (unpaired) electrons. The third-order valence-corrected chi connectivity index (χ3v) is 5.78. The molecule has 2 aromatic heterocycles. The Kier molecular flexibility index (Phi) is 6.01. The number of likely N-dealkylation sites (N-methyl/N-ethyl adjacent to an activating group) is 1. The molecule has 0 unspecified atom stereocenters. The van der Waals surface area contributed by atoms with Crippen LogP contribution >= 0.6 is 11.3 Å². The average molecular weight is 374 g/mol. The van der Waals surface area contributed by atoms with Crippen molar-refractivity contribution in [3.63, 3.8) is 0 Å². The molecule has 0 bridgehead atoms. The van der Waals surface area contributed by atoms with Crippen LogP contribution in [0.1, 0.15) is 30.0 Å². The molecule has 1 aliphatic rings. The van der Waals surface area contributed by atoms with Gasteiger partial charge in [-0.05, 0) is 38.9 Å². The molecule has 6 nitrogen and oxygen atoms in total. The predicted octanol–water partition coefficient (Wildman–Crippen LogP) is 2.55. The van der Waals surface area contributed by atoms with Crippen LogP contribution in [0.5, 0.6) is 0 Å². The van der Waals surface area contributed by atoms with E-state index in [0.29, 0.717) is 17.2 Å². The molecule has 1 amide bonds. The number of hydrogen-bond acceptors (Lipinski definition) is 6. The minimum Gasteiger partial charge on any atom is -0.302 e. The number of hydrogen-bond donors (Lipinski definition) is 1. The molecule has 2 aromatic rings. The third kappa shape index (κ3) is 4.87. The van der Waals surface area contributed by atoms with Crippen molar-refractivity contribution in [3.8, 4) is 0 Å². The van der Waals surface area contributed by atoms with Gasteiger partial charge in [0.05, 0.1) is 0 Å². The molecule has 3 heterocycles. The smallest absolute Gasteiger partial charge is 0.223 e. The summed E-state index contributed by atoms with van der Waals surface area (Å²) in [4.78, 5) is 26.0. The second-order valence-corrected chi connectivity index (χ2v) is 8.31. The summed E-state index contributed by atoms with van der Waals surface area (Å²) >= 11 is 1.56. The summed E-state index contributed by atoms with van der Waals surface area (Å²) in [7, 11) is 2.21. The monoisotopic (exact) mass is 373 g/mol. The molecule has 1 fully saturated rings. The maximum absolute atomic E-state index is 11.2. The third-order valence-electron chi connectivity index (χ3n) is 4.88. The Morgan fingerprint density at radius 1 is 1.31 bits per heavy atom. The largest absolute Gasteiger partial charge is 0.302 e. The van der Waals surface area contributed by atoms with Crippen LogP contribution in [0.15, 0.2) is 24.5 Å². The molecular formula is C19H27N5OS. The quantitative estimate of drug-likeness (QED) is 0.873. The van der Waals surface area contributed by atoms with Gasteiger partial charge in [-0.2, -0.15) is 0 Å². The molecule has 140 valence electrons. The Morgan fingerprint density at radius 3 is 2.81 bits per heavy atom. The highest BCUT2D eigenvalue weighted by Crippen LogP contribution is 2.24. The van der Waals surface area contributed by atoms with E-state index in [1.54, 1.807) is 11.3 Å². The number of thiazole rings is 1. The minimum absolute atomic E-state index is 0.0781. The Morgan fingerprint density at radius 2 is 2.12 bits per heavy atom. The Labute approximate surface area is 159 Å². The number of nitrogens with one attached hydrogen (secondary N) is 1. The molecule has 7 heteroatoms. The second kappa shape index (κ2) is 8.24. The van der Waals surface area contributed by atoms with Crippen molar-refractivity contribution < 1.29 is 4.79 Å². The van der Waals surface area contributed by atoms with Crippen molar-refractivity contribution in [2.45, 2.75) is 45.8 Å². The molecule has 2 atom stereocenters. The lowest BCUT2D eigenvalue weighted by atomic mass is 10.0. The first-order valence-electron chi connectivity index (χ1n) is 8.99. The highest BCUT2D eigenvalue weighted by atomic mass is 32.1. The van der Waals surface area contributed by atoms with Crippen LogP contribution in [-0.4, -0.2) is 57.9 Å². The zero-order chi connectivity index (χ0) is 18.7. The molecule has 0 spiro atoms. The van der Waals surface area contributed by atoms with Gasteiger partial charge in [0.15, 0.2) is 5.13 Å². The number of anilines is 1. The van der Waals surface area contributed by atoms with Crippen molar-refractivity contribution in [2.75, 3.05) is 25.5 Å². The van der Waals surface area contributed by atoms with Gasteiger partial charge in [-0.3, -0.25) is 14.7 Å². The van der Waals surface area contributed by atoms with E-state index in [1.807, 2.05) is 19.3 Å². The van der Waals surface area contributed by atoms with Crippen molar-refractivity contribution >= 4 is 22.4 Å². The number of carbonyl (C=O) groups excluding carboxylic acids is 1. The van der Waals surface area contributed by atoms with Crippen molar-refractivity contribution in [1.29, 1.82) is 0 Å². The van der Waals surface area contributed by atoms with E-state index < -0.39 is 0 Å². The van der Waals surface area contributed by atoms with E-state index in [1.165, 1.54) is 17.4 Å². The molecular weight excluding hydrogens is 346 g/mol. The van der Waals surface area contributed by atoms with Crippen molar-refractivity contribution in [3.05, 3.63) is 40.7 Å². The predicted molar refractivity (Wildman–Crippen MR) is 105 cm³/mol. The lowest BCUT2D eigenvalue weighted by Crippen LogP contribution is -2.56. The number of piperazine rings is 1. The van der Waals surface area contributed by atoms with Crippen LogP contribution in [0.2, 0.25) is 0 Å². The van der Waals surface area contributed by atoms with Gasteiger partial charge in [0.1, 0.15) is 0 Å². The van der Waals surface area contributed by atoms with Crippen LogP contribution in [0.25, 0.3) is 0 Å². The zero-order valence-corrected chi connectivity index (χ0v) is 16.7. The van der Waals surface area contributed by atoms with Crippen molar-refractivity contribution in [2.24, 2.45) is 0 Å². The molecule has 3 rings (SSSR count). The first-order chi connectivity index (χ1) is 12.4. The minimum atomic E-state index is -0.0781. The lowest BCUT2D eigenvalue weighted by Gasteiger charge is -2.43. The lowest BCUT2D eigenvalue weighted by molar-refractivity contribution is -0.114. The average Bonchev–Trinajstić information content (AvgIpc) is 3.00. The summed E-state index contributed by atoms with van der Waals surface area (Å²) in [6.45, 7) is 8.73. The van der Waals surface area contributed by atoms with E-state index >= 15 is 0 Å². The van der Waals surface area contributed by atoms with Crippen LogP contribution in [0.3, 0.4) is 0 Å². The summed E-state index contributed by atoms with van der Waals surface area (Å²) in [5.41, 5.74) is 2.34. The molecule has 1 N–H and O–H groups in total. The van der Waals surface area contributed by atoms with Gasteiger partial charge in [0.2, 0.25) is 5.91 Å². The summed E-state index contributed by atoms with van der Waals surface area (Å²) in [5.74, 6) is -0.0781. The molecule has 0 saturated carbocycles. The maximum Gasteiger partial charge on any atom is 0.223 e. The molecule has 1 saturated heterocycles. The van der Waals surface area contributed by atoms with Crippen LogP contribution in [0, 0.1) is 6.92 Å². The molecule has 0 aromatic carbocycles. The Bertz CT molecular complexity index is 745. The number of carbonyl (C=O) groups is 1. The fourth-order valence-corrected chi connectivity index (χ4v) is 4.28. The Hall–Kier alpha value is -1.83. The van der Waals surface area contributed by atoms with Crippen LogP contribution in [-0.2, 0) is 17.8 Å². The fourth-order valence-electron chi connectivity index (χ4n) is 3.39. The number of pyridine rings is 1. The Balaban J connectivity index is 1.64. The summed E-state index contributed by atoms with van der Waals surface area (Å²) in [6.07, 6.45) is 4.88. The van der Waals surface area contributed by atoms with Gasteiger partial charge < -0.3 is 10.2 Å². The standard InChI is InChI=1S/C19H27N5OS/c1-13-5-6-16(8-20-13)7-17-11-24(14(2)10-23(17)4)12-18-9-21-19(26-18)22-15(3)25/h5-6,8-9,14,17H,7,10-12H2,1-4H3,(H,21,22,25)/t14-,17+/m0/s1. The van der Waals surface area contributed by atoms with E-state index in [2.05, 4.69) is 51.2 Å². The number of nitrogens with zero attached hydrogens (tertiary/aromatic N) is 4. The summed E-state index contributed by atoms with van der Waals surface area (Å²) in [6, 6.07) is 5.22. The highest BCUT2D eigenvalue weighted by Gasteiger charge is 2.29. The zero-order valence-electron chi connectivity index (χ0n) is 15.9. The van der Waals surface area contributed by atoms with Crippen LogP contribution < -0.4 is 5.32 Å². The number of rotatable bonds is 5. The van der Waals surface area contributed by atoms with E-state index in [-0.39, 0.29) is 5.91 Å². The van der Waals surface area contributed by atoms with Gasteiger partial charge in [-0.1, -0.05) is 6.07 Å². The van der Waals surface area contributed by atoms with Gasteiger partial charge in [0.25, 0.3) is 0 Å². The van der Waals surface area contributed by atoms with Crippen molar-refractivity contribution in [1.82, 2.24) is 19.8 Å². The molecule has 1 aliphatic heterocycles. The van der Waals surface area contributed by atoms with Gasteiger partial charge in [0, 0.05) is 61.6 Å². The summed E-state index contributed by atoms with van der Waals surface area (Å²) < 4.78 is 0. The van der Waals surface area contributed by atoms with E-state index in [9.17, 15) is 4.79 Å². The number of aromatic nitrogens is 2. The van der Waals surface area contributed by atoms with E-state index in [0.717, 1.165) is 31.7 Å². The van der Waals surface area contributed by atoms with E-state index in [4.69, 9.17) is 0 Å².